The Kier molecular flexibility index (Phi) is 7.40. The summed E-state index contributed by atoms with van der Waals surface area (Å²) in [6.07, 6.45) is 6.18. The maximum Gasteiger partial charge on any atom is 0.276 e. The van der Waals surface area contributed by atoms with Gasteiger partial charge in [0.15, 0.2) is 5.78 Å². The third-order valence-electron chi connectivity index (χ3n) is 6.90. The second kappa shape index (κ2) is 11.3. The molecule has 39 heavy (non-hydrogen) atoms. The number of carbonyl (C=O) groups excluding carboxylic acids is 2. The standard InChI is InChI=1S/C29H28N6O2S2/c1-38-13-5-11-35-12-10-21-25(17-35)39-26(31-21)15-24(36)20-8-4-9-22-27(20)33-29(32-22)34-28(37)23-14-18-6-2-3-7-19(18)16-30-23/h2-4,6-9,14,16H,5,10-13,15,17H2,1H3,(H2,32,33,34,37). The fraction of sp³-hybridized carbons (Fsp3) is 0.276. The molecule has 1 aliphatic rings. The zero-order valence-electron chi connectivity index (χ0n) is 21.6. The van der Waals surface area contributed by atoms with Crippen LogP contribution in [0.15, 0.2) is 54.7 Å². The number of ketones is 1. The fourth-order valence-electron chi connectivity index (χ4n) is 4.93. The maximum atomic E-state index is 13.4. The summed E-state index contributed by atoms with van der Waals surface area (Å²) in [6, 6.07) is 14.9. The Labute approximate surface area is 234 Å². The Bertz CT molecular complexity index is 1680. The molecule has 2 aromatic carbocycles. The van der Waals surface area contributed by atoms with E-state index in [4.69, 9.17) is 4.98 Å². The first kappa shape index (κ1) is 25.7. The summed E-state index contributed by atoms with van der Waals surface area (Å²) in [5.74, 6) is 1.04. The molecule has 0 saturated heterocycles. The van der Waals surface area contributed by atoms with Crippen molar-refractivity contribution in [3.63, 3.8) is 0 Å². The molecule has 198 valence electrons. The van der Waals surface area contributed by atoms with Gasteiger partial charge in [-0.3, -0.25) is 24.8 Å². The number of amides is 1. The lowest BCUT2D eigenvalue weighted by molar-refractivity contribution is 0.0992. The van der Waals surface area contributed by atoms with E-state index in [1.807, 2.05) is 48.2 Å². The van der Waals surface area contributed by atoms with Crippen LogP contribution in [0.3, 0.4) is 0 Å². The van der Waals surface area contributed by atoms with Crippen LogP contribution < -0.4 is 5.32 Å². The number of hydrogen-bond donors (Lipinski definition) is 2. The quantitative estimate of drug-likeness (QED) is 0.186. The van der Waals surface area contributed by atoms with E-state index in [2.05, 4.69) is 31.4 Å². The van der Waals surface area contributed by atoms with Gasteiger partial charge in [0.25, 0.3) is 5.91 Å². The van der Waals surface area contributed by atoms with E-state index in [1.54, 1.807) is 29.7 Å². The summed E-state index contributed by atoms with van der Waals surface area (Å²) >= 11 is 3.53. The lowest BCUT2D eigenvalue weighted by atomic mass is 10.1. The van der Waals surface area contributed by atoms with E-state index in [-0.39, 0.29) is 24.1 Å². The van der Waals surface area contributed by atoms with E-state index in [0.29, 0.717) is 22.3 Å². The summed E-state index contributed by atoms with van der Waals surface area (Å²) < 4.78 is 0. The highest BCUT2D eigenvalue weighted by Gasteiger charge is 2.23. The summed E-state index contributed by atoms with van der Waals surface area (Å²) in [5.41, 5.74) is 3.16. The van der Waals surface area contributed by atoms with Gasteiger partial charge >= 0.3 is 0 Å². The van der Waals surface area contributed by atoms with E-state index < -0.39 is 0 Å². The van der Waals surface area contributed by atoms with Gasteiger partial charge in [-0.2, -0.15) is 11.8 Å². The number of thiazole rings is 1. The molecule has 4 heterocycles. The number of imidazole rings is 1. The smallest absolute Gasteiger partial charge is 0.276 e. The van der Waals surface area contributed by atoms with Crippen molar-refractivity contribution in [2.45, 2.75) is 25.8 Å². The van der Waals surface area contributed by atoms with Crippen molar-refractivity contribution in [2.24, 2.45) is 0 Å². The van der Waals surface area contributed by atoms with Crippen LogP contribution in [0.25, 0.3) is 21.8 Å². The van der Waals surface area contributed by atoms with Crippen LogP contribution in [-0.2, 0) is 19.4 Å². The van der Waals surface area contributed by atoms with Gasteiger partial charge in [0.05, 0.1) is 17.6 Å². The lowest BCUT2D eigenvalue weighted by Gasteiger charge is -2.25. The van der Waals surface area contributed by atoms with Gasteiger partial charge in [-0.15, -0.1) is 11.3 Å². The second-order valence-corrected chi connectivity index (χ2v) is 11.8. The number of H-pyrrole nitrogens is 1. The van der Waals surface area contributed by atoms with Crippen molar-refractivity contribution in [3.8, 4) is 0 Å². The Morgan fingerprint density at radius 2 is 2.00 bits per heavy atom. The number of carbonyl (C=O) groups is 2. The summed E-state index contributed by atoms with van der Waals surface area (Å²) in [6.45, 7) is 3.04. The molecular formula is C29H28N6O2S2. The van der Waals surface area contributed by atoms with Crippen molar-refractivity contribution in [3.05, 3.63) is 81.6 Å². The monoisotopic (exact) mass is 556 g/mol. The first-order valence-electron chi connectivity index (χ1n) is 12.9. The van der Waals surface area contributed by atoms with Crippen LogP contribution in [0.5, 0.6) is 0 Å². The number of benzene rings is 2. The molecule has 1 amide bonds. The Morgan fingerprint density at radius 3 is 2.87 bits per heavy atom. The van der Waals surface area contributed by atoms with Crippen LogP contribution in [-0.4, -0.2) is 61.6 Å². The average Bonchev–Trinajstić information content (AvgIpc) is 3.55. The minimum atomic E-state index is -0.372. The Morgan fingerprint density at radius 1 is 1.13 bits per heavy atom. The molecule has 0 unspecified atom stereocenters. The summed E-state index contributed by atoms with van der Waals surface area (Å²) in [5, 5.41) is 5.53. The summed E-state index contributed by atoms with van der Waals surface area (Å²) in [7, 11) is 0. The van der Waals surface area contributed by atoms with E-state index >= 15 is 0 Å². The number of fused-ring (bicyclic) bond motifs is 3. The minimum absolute atomic E-state index is 0.0379. The van der Waals surface area contributed by atoms with Crippen molar-refractivity contribution < 1.29 is 9.59 Å². The van der Waals surface area contributed by atoms with Crippen molar-refractivity contribution in [1.29, 1.82) is 0 Å². The van der Waals surface area contributed by atoms with E-state index in [9.17, 15) is 9.59 Å². The molecule has 5 aromatic rings. The molecule has 0 saturated carbocycles. The van der Waals surface area contributed by atoms with Crippen molar-refractivity contribution in [2.75, 3.05) is 30.4 Å². The average molecular weight is 557 g/mol. The third-order valence-corrected chi connectivity index (χ3v) is 8.68. The van der Waals surface area contributed by atoms with E-state index in [1.165, 1.54) is 17.1 Å². The first-order chi connectivity index (χ1) is 19.1. The van der Waals surface area contributed by atoms with Gasteiger partial charge in [0.1, 0.15) is 16.2 Å². The van der Waals surface area contributed by atoms with Gasteiger partial charge < -0.3 is 4.98 Å². The zero-order valence-corrected chi connectivity index (χ0v) is 23.2. The minimum Gasteiger partial charge on any atom is -0.324 e. The summed E-state index contributed by atoms with van der Waals surface area (Å²) in [4.78, 5) is 46.7. The Hall–Kier alpha value is -3.60. The van der Waals surface area contributed by atoms with Crippen molar-refractivity contribution >= 4 is 62.5 Å². The van der Waals surface area contributed by atoms with Gasteiger partial charge in [0, 0.05) is 41.5 Å². The number of hydrogen-bond acceptors (Lipinski definition) is 8. The lowest BCUT2D eigenvalue weighted by Crippen LogP contribution is -2.31. The third kappa shape index (κ3) is 5.59. The number of nitrogens with one attached hydrogen (secondary N) is 2. The number of Topliss-reactive ketones (excluding diaryl/α,β-unsaturated/α-hetero) is 1. The van der Waals surface area contributed by atoms with Crippen LogP contribution in [0.1, 0.15) is 42.8 Å². The van der Waals surface area contributed by atoms with Crippen molar-refractivity contribution in [1.82, 2.24) is 24.8 Å². The highest BCUT2D eigenvalue weighted by atomic mass is 32.2. The molecule has 2 N–H and O–H groups in total. The molecule has 1 aliphatic heterocycles. The number of thioether (sulfide) groups is 1. The Balaban J connectivity index is 1.16. The predicted octanol–water partition coefficient (Wildman–Crippen LogP) is 5.36. The number of anilines is 1. The second-order valence-electron chi connectivity index (χ2n) is 9.61. The van der Waals surface area contributed by atoms with Gasteiger partial charge in [0.2, 0.25) is 5.95 Å². The predicted molar refractivity (Wildman–Crippen MR) is 158 cm³/mol. The maximum absolute atomic E-state index is 13.4. The number of aromatic amines is 1. The normalized spacial score (nSPS) is 13.6. The molecule has 0 atom stereocenters. The molecule has 0 fully saturated rings. The number of nitrogens with zero attached hydrogens (tertiary/aromatic N) is 4. The van der Waals surface area contributed by atoms with Gasteiger partial charge in [-0.05, 0) is 48.6 Å². The molecule has 8 nitrogen and oxygen atoms in total. The molecular weight excluding hydrogens is 528 g/mol. The topological polar surface area (TPSA) is 104 Å². The van der Waals surface area contributed by atoms with Gasteiger partial charge in [-0.1, -0.05) is 30.3 Å². The number of para-hydroxylation sites is 1. The highest BCUT2D eigenvalue weighted by molar-refractivity contribution is 7.98. The molecule has 6 rings (SSSR count). The zero-order chi connectivity index (χ0) is 26.8. The number of rotatable bonds is 9. The van der Waals surface area contributed by atoms with Gasteiger partial charge in [-0.25, -0.2) is 9.97 Å². The molecule has 3 aromatic heterocycles. The SMILES string of the molecule is CSCCCN1CCc2nc(CC(=O)c3cccc4[nH]c(NC(=O)c5cc6ccccc6cn5)nc34)sc2C1. The molecule has 0 bridgehead atoms. The number of aromatic nitrogens is 4. The molecule has 0 aliphatic carbocycles. The molecule has 10 heteroatoms. The molecule has 0 spiro atoms. The highest BCUT2D eigenvalue weighted by Crippen LogP contribution is 2.27. The first-order valence-corrected chi connectivity index (χ1v) is 15.2. The fourth-order valence-corrected chi connectivity index (χ4v) is 6.50. The number of pyridine rings is 1. The van der Waals surface area contributed by atoms with Crippen LogP contribution in [0, 0.1) is 0 Å². The van der Waals surface area contributed by atoms with E-state index in [0.717, 1.165) is 47.5 Å². The van der Waals surface area contributed by atoms with Crippen LogP contribution in [0.2, 0.25) is 0 Å². The molecule has 0 radical (unpaired) electrons. The van der Waals surface area contributed by atoms with Crippen LogP contribution >= 0.6 is 23.1 Å². The largest absolute Gasteiger partial charge is 0.324 e. The van der Waals surface area contributed by atoms with Crippen LogP contribution in [0.4, 0.5) is 5.95 Å².